The number of imidazole rings is 1. The number of benzene rings is 2. The number of amides is 1. The second-order valence-corrected chi connectivity index (χ2v) is 6.44. The lowest BCUT2D eigenvalue weighted by Gasteiger charge is -2.21. The third-order valence-electron chi connectivity index (χ3n) is 4.41. The molecule has 1 amide bonds. The monoisotopic (exact) mass is 363 g/mol. The fraction of sp³-hybridized carbons (Fsp3) is 0.238. The molecule has 1 fully saturated rings. The van der Waals surface area contributed by atoms with Gasteiger partial charge < -0.3 is 9.72 Å². The number of carbonyl (C=O) groups is 1. The summed E-state index contributed by atoms with van der Waals surface area (Å²) in [4.78, 5) is 25.1. The lowest BCUT2D eigenvalue weighted by atomic mass is 10.1. The quantitative estimate of drug-likeness (QED) is 0.534. The highest BCUT2D eigenvalue weighted by molar-refractivity contribution is 5.91. The zero-order chi connectivity index (χ0) is 18.5. The van der Waals surface area contributed by atoms with Gasteiger partial charge in [0, 0.05) is 24.7 Å². The van der Waals surface area contributed by atoms with Crippen molar-refractivity contribution in [2.75, 3.05) is 6.61 Å². The molecule has 27 heavy (non-hydrogen) atoms. The molecule has 6 heteroatoms. The van der Waals surface area contributed by atoms with E-state index in [4.69, 9.17) is 9.57 Å². The van der Waals surface area contributed by atoms with E-state index in [0.717, 1.165) is 47.2 Å². The Morgan fingerprint density at radius 3 is 3.00 bits per heavy atom. The van der Waals surface area contributed by atoms with E-state index in [0.29, 0.717) is 6.61 Å². The van der Waals surface area contributed by atoms with Crippen molar-refractivity contribution < 1.29 is 14.4 Å². The van der Waals surface area contributed by atoms with Gasteiger partial charge in [0.25, 0.3) is 5.91 Å². The van der Waals surface area contributed by atoms with Crippen LogP contribution in [0.4, 0.5) is 0 Å². The van der Waals surface area contributed by atoms with Gasteiger partial charge in [-0.3, -0.25) is 4.79 Å². The van der Waals surface area contributed by atoms with Crippen molar-refractivity contribution in [3.05, 3.63) is 60.2 Å². The summed E-state index contributed by atoms with van der Waals surface area (Å²) in [6.07, 6.45) is 5.71. The Hall–Kier alpha value is -2.96. The van der Waals surface area contributed by atoms with Crippen LogP contribution in [0.2, 0.25) is 0 Å². The molecule has 0 bridgehead atoms. The maximum absolute atomic E-state index is 11.9. The molecule has 3 aromatic rings. The minimum atomic E-state index is -0.354. The first-order valence-electron chi connectivity index (χ1n) is 9.08. The number of hydroxylamine groups is 1. The van der Waals surface area contributed by atoms with Crippen molar-refractivity contribution in [3.63, 3.8) is 0 Å². The van der Waals surface area contributed by atoms with Crippen LogP contribution >= 0.6 is 0 Å². The predicted octanol–water partition coefficient (Wildman–Crippen LogP) is 3.82. The molecule has 1 atom stereocenters. The molecule has 1 saturated heterocycles. The number of hydrogen-bond acceptors (Lipinski definition) is 4. The maximum atomic E-state index is 11.9. The molecule has 1 unspecified atom stereocenters. The Morgan fingerprint density at radius 2 is 2.15 bits per heavy atom. The number of nitrogens with one attached hydrogen (secondary N) is 2. The van der Waals surface area contributed by atoms with Gasteiger partial charge in [-0.1, -0.05) is 30.3 Å². The third kappa shape index (κ3) is 4.42. The summed E-state index contributed by atoms with van der Waals surface area (Å²) in [6.45, 7) is 0.672. The van der Waals surface area contributed by atoms with E-state index in [1.165, 1.54) is 6.08 Å². The van der Waals surface area contributed by atoms with Crippen molar-refractivity contribution in [1.29, 1.82) is 0 Å². The number of hydrogen-bond donors (Lipinski definition) is 2. The number of nitrogens with zero attached hydrogens (tertiary/aromatic N) is 1. The lowest BCUT2D eigenvalue weighted by Crippen LogP contribution is -2.32. The normalized spacial score (nSPS) is 17.4. The summed E-state index contributed by atoms with van der Waals surface area (Å²) in [5.41, 5.74) is 6.20. The van der Waals surface area contributed by atoms with Gasteiger partial charge in [-0.15, -0.1) is 0 Å². The van der Waals surface area contributed by atoms with Gasteiger partial charge in [0.1, 0.15) is 5.82 Å². The van der Waals surface area contributed by atoms with Crippen LogP contribution < -0.4 is 5.48 Å². The summed E-state index contributed by atoms with van der Waals surface area (Å²) < 4.78 is 5.41. The second kappa shape index (κ2) is 8.16. The molecule has 0 spiro atoms. The smallest absolute Gasteiger partial charge is 0.267 e. The van der Waals surface area contributed by atoms with Crippen molar-refractivity contribution in [2.24, 2.45) is 0 Å². The number of ether oxygens (including phenoxy) is 1. The van der Waals surface area contributed by atoms with E-state index in [9.17, 15) is 4.79 Å². The molecular formula is C21H21N3O3. The molecule has 1 aliphatic heterocycles. The van der Waals surface area contributed by atoms with Gasteiger partial charge in [-0.2, -0.15) is 0 Å². The third-order valence-corrected chi connectivity index (χ3v) is 4.41. The summed E-state index contributed by atoms with van der Waals surface area (Å²) in [5.74, 6) is 0.479. The Labute approximate surface area is 157 Å². The SMILES string of the molecule is O=C(/C=C/c1cccc(-c2nc3ccccc3[nH]2)c1)NOC1CCCCO1. The minimum absolute atomic E-state index is 0.321. The van der Waals surface area contributed by atoms with Crippen LogP contribution in [0.3, 0.4) is 0 Å². The lowest BCUT2D eigenvalue weighted by molar-refractivity contribution is -0.198. The van der Waals surface area contributed by atoms with E-state index < -0.39 is 0 Å². The maximum Gasteiger partial charge on any atom is 0.267 e. The van der Waals surface area contributed by atoms with E-state index in [1.807, 2.05) is 48.5 Å². The van der Waals surface area contributed by atoms with Gasteiger partial charge in [0.15, 0.2) is 6.29 Å². The Morgan fingerprint density at radius 1 is 1.22 bits per heavy atom. The number of aromatic amines is 1. The second-order valence-electron chi connectivity index (χ2n) is 6.44. The van der Waals surface area contributed by atoms with Crippen LogP contribution in [-0.4, -0.2) is 28.8 Å². The Bertz CT molecular complexity index is 925. The van der Waals surface area contributed by atoms with Crippen LogP contribution in [0.15, 0.2) is 54.6 Å². The number of fused-ring (bicyclic) bond motifs is 1. The van der Waals surface area contributed by atoms with Crippen molar-refractivity contribution in [1.82, 2.24) is 15.4 Å². The molecule has 1 aliphatic rings. The van der Waals surface area contributed by atoms with Crippen LogP contribution in [0.5, 0.6) is 0 Å². The van der Waals surface area contributed by atoms with Crippen LogP contribution in [0.25, 0.3) is 28.5 Å². The molecule has 1 aromatic heterocycles. The average molecular weight is 363 g/mol. The fourth-order valence-corrected chi connectivity index (χ4v) is 3.01. The predicted molar refractivity (Wildman–Crippen MR) is 103 cm³/mol. The molecule has 0 radical (unpaired) electrons. The largest absolute Gasteiger partial charge is 0.350 e. The van der Waals surface area contributed by atoms with Crippen LogP contribution in [-0.2, 0) is 14.4 Å². The highest BCUT2D eigenvalue weighted by Gasteiger charge is 2.14. The highest BCUT2D eigenvalue weighted by Crippen LogP contribution is 2.21. The summed E-state index contributed by atoms with van der Waals surface area (Å²) in [5, 5.41) is 0. The van der Waals surface area contributed by atoms with Gasteiger partial charge in [-0.25, -0.2) is 15.3 Å². The van der Waals surface area contributed by atoms with Crippen LogP contribution in [0.1, 0.15) is 24.8 Å². The molecule has 2 N–H and O–H groups in total. The minimum Gasteiger partial charge on any atom is -0.350 e. The average Bonchev–Trinajstić information content (AvgIpc) is 3.16. The summed E-state index contributed by atoms with van der Waals surface area (Å²) in [7, 11) is 0. The van der Waals surface area contributed by atoms with Crippen LogP contribution in [0, 0.1) is 0 Å². The molecule has 138 valence electrons. The number of para-hydroxylation sites is 2. The highest BCUT2D eigenvalue weighted by atomic mass is 16.8. The standard InChI is InChI=1S/C21H21N3O3/c25-19(24-27-20-10-3-4-13-26-20)12-11-15-6-5-7-16(14-15)21-22-17-8-1-2-9-18(17)23-21/h1-2,5-9,11-12,14,20H,3-4,10,13H2,(H,22,23)(H,24,25)/b12-11+. The zero-order valence-electron chi connectivity index (χ0n) is 14.9. The van der Waals surface area contributed by atoms with Gasteiger partial charge in [0.2, 0.25) is 0 Å². The van der Waals surface area contributed by atoms with E-state index >= 15 is 0 Å². The number of aromatic nitrogens is 2. The Balaban J connectivity index is 1.41. The fourth-order valence-electron chi connectivity index (χ4n) is 3.01. The number of carbonyl (C=O) groups excluding carboxylic acids is 1. The molecule has 6 nitrogen and oxygen atoms in total. The zero-order valence-corrected chi connectivity index (χ0v) is 14.9. The number of H-pyrrole nitrogens is 1. The van der Waals surface area contributed by atoms with Gasteiger partial charge in [0.05, 0.1) is 11.0 Å². The molecule has 2 aromatic carbocycles. The van der Waals surface area contributed by atoms with E-state index in [-0.39, 0.29) is 12.2 Å². The van der Waals surface area contributed by atoms with Crippen molar-refractivity contribution in [2.45, 2.75) is 25.6 Å². The molecule has 4 rings (SSSR count). The molecular weight excluding hydrogens is 342 g/mol. The van der Waals surface area contributed by atoms with Crippen molar-refractivity contribution >= 4 is 23.0 Å². The van der Waals surface area contributed by atoms with Crippen molar-refractivity contribution in [3.8, 4) is 11.4 Å². The molecule has 0 aliphatic carbocycles. The molecule has 0 saturated carbocycles. The van der Waals surface area contributed by atoms with Gasteiger partial charge >= 0.3 is 0 Å². The Kier molecular flexibility index (Phi) is 5.27. The first kappa shape index (κ1) is 17.5. The van der Waals surface area contributed by atoms with E-state index in [2.05, 4.69) is 15.4 Å². The summed E-state index contributed by atoms with van der Waals surface area (Å²) in [6, 6.07) is 15.7. The van der Waals surface area contributed by atoms with Gasteiger partial charge in [-0.05, 0) is 42.7 Å². The molecule has 2 heterocycles. The first-order chi connectivity index (χ1) is 13.3. The summed E-state index contributed by atoms with van der Waals surface area (Å²) >= 11 is 0. The first-order valence-corrected chi connectivity index (χ1v) is 9.08. The van der Waals surface area contributed by atoms with E-state index in [1.54, 1.807) is 6.08 Å². The topological polar surface area (TPSA) is 76.2 Å². The number of rotatable bonds is 5.